The van der Waals surface area contributed by atoms with E-state index in [0.29, 0.717) is 26.4 Å². The molecule has 16 heavy (non-hydrogen) atoms. The highest BCUT2D eigenvalue weighted by atomic mass is 16.8. The fourth-order valence-electron chi connectivity index (χ4n) is 1.09. The molecule has 0 aliphatic heterocycles. The Morgan fingerprint density at radius 3 is 1.94 bits per heavy atom. The zero-order valence-corrected chi connectivity index (χ0v) is 10.5. The molecule has 0 aliphatic carbocycles. The lowest BCUT2D eigenvalue weighted by Crippen LogP contribution is -2.39. The average molecular weight is 234 g/mol. The third-order valence-electron chi connectivity index (χ3n) is 1.65. The van der Waals surface area contributed by atoms with Gasteiger partial charge in [-0.1, -0.05) is 0 Å². The lowest BCUT2D eigenvalue weighted by Gasteiger charge is -2.28. The van der Waals surface area contributed by atoms with Gasteiger partial charge in [-0.2, -0.15) is 0 Å². The summed E-state index contributed by atoms with van der Waals surface area (Å²) >= 11 is 0. The summed E-state index contributed by atoms with van der Waals surface area (Å²) in [6, 6.07) is 0. The van der Waals surface area contributed by atoms with E-state index in [4.69, 9.17) is 18.9 Å². The standard InChI is InChI=1S/C11H22O5/c1-5-13-9-10(14-6-2)11(12,15-7-3)16-8-4/h9,12H,5-8H2,1-4H3. The van der Waals surface area contributed by atoms with Crippen LogP contribution in [0.2, 0.25) is 0 Å². The Kier molecular flexibility index (Phi) is 7.97. The van der Waals surface area contributed by atoms with E-state index in [2.05, 4.69) is 0 Å². The van der Waals surface area contributed by atoms with E-state index in [-0.39, 0.29) is 5.76 Å². The Morgan fingerprint density at radius 2 is 1.56 bits per heavy atom. The molecule has 0 unspecified atom stereocenters. The van der Waals surface area contributed by atoms with Crippen LogP contribution in [-0.4, -0.2) is 37.5 Å². The van der Waals surface area contributed by atoms with Crippen LogP contribution in [0.3, 0.4) is 0 Å². The lowest BCUT2D eigenvalue weighted by molar-refractivity contribution is -0.348. The number of aliphatic hydroxyl groups is 1. The number of rotatable bonds is 9. The summed E-state index contributed by atoms with van der Waals surface area (Å²) < 4.78 is 20.6. The average Bonchev–Trinajstić information content (AvgIpc) is 2.24. The van der Waals surface area contributed by atoms with Gasteiger partial charge in [0.25, 0.3) is 0 Å². The van der Waals surface area contributed by atoms with Gasteiger partial charge < -0.3 is 24.1 Å². The fraction of sp³-hybridized carbons (Fsp3) is 0.818. The van der Waals surface area contributed by atoms with Gasteiger partial charge >= 0.3 is 5.97 Å². The first-order chi connectivity index (χ1) is 7.64. The minimum Gasteiger partial charge on any atom is -0.498 e. The topological polar surface area (TPSA) is 57.2 Å². The van der Waals surface area contributed by atoms with Crippen LogP contribution < -0.4 is 0 Å². The molecule has 0 bridgehead atoms. The molecule has 0 heterocycles. The van der Waals surface area contributed by atoms with E-state index in [1.165, 1.54) is 6.26 Å². The molecule has 0 radical (unpaired) electrons. The largest absolute Gasteiger partial charge is 0.498 e. The molecule has 5 nitrogen and oxygen atoms in total. The molecule has 0 spiro atoms. The molecule has 0 saturated carbocycles. The Labute approximate surface area is 96.9 Å². The zero-order chi connectivity index (χ0) is 12.4. The second kappa shape index (κ2) is 8.38. The van der Waals surface area contributed by atoms with Gasteiger partial charge in [0.05, 0.1) is 26.4 Å². The normalized spacial score (nSPS) is 12.7. The van der Waals surface area contributed by atoms with Crippen molar-refractivity contribution in [2.75, 3.05) is 26.4 Å². The summed E-state index contributed by atoms with van der Waals surface area (Å²) in [4.78, 5) is 0. The summed E-state index contributed by atoms with van der Waals surface area (Å²) in [5.41, 5.74) is 0. The second-order valence-electron chi connectivity index (χ2n) is 2.82. The van der Waals surface area contributed by atoms with Crippen LogP contribution in [0.4, 0.5) is 0 Å². The third-order valence-corrected chi connectivity index (χ3v) is 1.65. The van der Waals surface area contributed by atoms with E-state index in [9.17, 15) is 5.11 Å². The Hall–Kier alpha value is -0.780. The van der Waals surface area contributed by atoms with Gasteiger partial charge in [0.1, 0.15) is 6.26 Å². The van der Waals surface area contributed by atoms with Gasteiger partial charge in [-0.05, 0) is 27.7 Å². The number of ether oxygens (including phenoxy) is 4. The minimum atomic E-state index is -1.87. The summed E-state index contributed by atoms with van der Waals surface area (Å²) in [6.07, 6.45) is 1.31. The van der Waals surface area contributed by atoms with Gasteiger partial charge in [-0.15, -0.1) is 0 Å². The predicted molar refractivity (Wildman–Crippen MR) is 59.5 cm³/mol. The van der Waals surface area contributed by atoms with Crippen LogP contribution in [0.1, 0.15) is 27.7 Å². The maximum absolute atomic E-state index is 10.1. The molecular formula is C11H22O5. The molecule has 0 aromatic rings. The van der Waals surface area contributed by atoms with Gasteiger partial charge in [0, 0.05) is 0 Å². The van der Waals surface area contributed by atoms with Crippen LogP contribution in [-0.2, 0) is 18.9 Å². The third kappa shape index (κ3) is 4.83. The van der Waals surface area contributed by atoms with Crippen molar-refractivity contribution in [1.29, 1.82) is 0 Å². The van der Waals surface area contributed by atoms with E-state index in [1.54, 1.807) is 20.8 Å². The Morgan fingerprint density at radius 1 is 1.00 bits per heavy atom. The van der Waals surface area contributed by atoms with Crippen LogP contribution in [0.5, 0.6) is 0 Å². The quantitative estimate of drug-likeness (QED) is 0.485. The first-order valence-electron chi connectivity index (χ1n) is 5.59. The Balaban J connectivity index is 4.77. The molecule has 96 valence electrons. The highest BCUT2D eigenvalue weighted by Crippen LogP contribution is 2.21. The number of hydrogen-bond donors (Lipinski definition) is 1. The van der Waals surface area contributed by atoms with Crippen molar-refractivity contribution in [3.63, 3.8) is 0 Å². The predicted octanol–water partition coefficient (Wildman–Crippen LogP) is 1.62. The van der Waals surface area contributed by atoms with Gasteiger partial charge in [-0.3, -0.25) is 0 Å². The first kappa shape index (κ1) is 15.2. The van der Waals surface area contributed by atoms with E-state index >= 15 is 0 Å². The summed E-state index contributed by atoms with van der Waals surface area (Å²) in [6.45, 7) is 8.62. The smallest absolute Gasteiger partial charge is 0.346 e. The number of hydrogen-bond acceptors (Lipinski definition) is 5. The lowest BCUT2D eigenvalue weighted by atomic mass is 10.4. The van der Waals surface area contributed by atoms with Crippen molar-refractivity contribution in [2.24, 2.45) is 0 Å². The van der Waals surface area contributed by atoms with Crippen LogP contribution in [0, 0.1) is 0 Å². The van der Waals surface area contributed by atoms with Crippen LogP contribution >= 0.6 is 0 Å². The molecule has 0 rings (SSSR count). The maximum Gasteiger partial charge on any atom is 0.346 e. The zero-order valence-electron chi connectivity index (χ0n) is 10.5. The summed E-state index contributed by atoms with van der Waals surface area (Å²) in [7, 11) is 0. The van der Waals surface area contributed by atoms with Gasteiger partial charge in [0.15, 0.2) is 0 Å². The van der Waals surface area contributed by atoms with Gasteiger partial charge in [-0.25, -0.2) is 0 Å². The van der Waals surface area contributed by atoms with E-state index < -0.39 is 5.97 Å². The molecule has 0 aromatic heterocycles. The highest BCUT2D eigenvalue weighted by molar-refractivity contribution is 4.97. The van der Waals surface area contributed by atoms with E-state index in [0.717, 1.165) is 0 Å². The molecule has 0 aromatic carbocycles. The molecule has 0 atom stereocenters. The fourth-order valence-corrected chi connectivity index (χ4v) is 1.09. The van der Waals surface area contributed by atoms with Crippen molar-refractivity contribution in [2.45, 2.75) is 33.7 Å². The van der Waals surface area contributed by atoms with Crippen molar-refractivity contribution < 1.29 is 24.1 Å². The SMILES string of the molecule is CCOC=C(OCC)C(O)(OCC)OCC. The summed E-state index contributed by atoms with van der Waals surface area (Å²) in [5, 5.41) is 10.1. The molecular weight excluding hydrogens is 212 g/mol. The van der Waals surface area contributed by atoms with Crippen LogP contribution in [0.25, 0.3) is 0 Å². The van der Waals surface area contributed by atoms with Crippen LogP contribution in [0.15, 0.2) is 12.0 Å². The molecule has 5 heteroatoms. The van der Waals surface area contributed by atoms with E-state index in [1.807, 2.05) is 6.92 Å². The van der Waals surface area contributed by atoms with Crippen molar-refractivity contribution in [3.8, 4) is 0 Å². The molecule has 0 amide bonds. The maximum atomic E-state index is 10.1. The van der Waals surface area contributed by atoms with Crippen molar-refractivity contribution in [1.82, 2.24) is 0 Å². The minimum absolute atomic E-state index is 0.126. The highest BCUT2D eigenvalue weighted by Gasteiger charge is 2.36. The summed E-state index contributed by atoms with van der Waals surface area (Å²) in [5.74, 6) is -1.74. The molecule has 1 N–H and O–H groups in total. The van der Waals surface area contributed by atoms with Crippen molar-refractivity contribution in [3.05, 3.63) is 12.0 Å². The molecule has 0 fully saturated rings. The monoisotopic (exact) mass is 234 g/mol. The van der Waals surface area contributed by atoms with Gasteiger partial charge in [0.2, 0.25) is 5.76 Å². The van der Waals surface area contributed by atoms with Crippen molar-refractivity contribution >= 4 is 0 Å². The first-order valence-corrected chi connectivity index (χ1v) is 5.59. The molecule has 0 aliphatic rings. The second-order valence-corrected chi connectivity index (χ2v) is 2.82. The Bertz CT molecular complexity index is 197. The molecule has 0 saturated heterocycles.